The number of nitrogens with zero attached hydrogens (tertiary/aromatic N) is 3. The molecule has 11 heteroatoms. The lowest BCUT2D eigenvalue weighted by Gasteiger charge is -2.15. The van der Waals surface area contributed by atoms with E-state index >= 15 is 0 Å². The lowest BCUT2D eigenvalue weighted by Crippen LogP contribution is -2.17. The molecule has 0 unspecified atom stereocenters. The molecule has 41 heavy (non-hydrogen) atoms. The van der Waals surface area contributed by atoms with Crippen LogP contribution in [0.25, 0.3) is 5.69 Å². The van der Waals surface area contributed by atoms with Crippen molar-refractivity contribution in [3.05, 3.63) is 99.2 Å². The van der Waals surface area contributed by atoms with E-state index in [0.717, 1.165) is 17.1 Å². The molecule has 0 aliphatic rings. The summed E-state index contributed by atoms with van der Waals surface area (Å²) in [6, 6.07) is 17.8. The van der Waals surface area contributed by atoms with E-state index < -0.39 is 10.8 Å². The Hall–Kier alpha value is -5.06. The molecule has 2 aromatic carbocycles. The highest BCUT2D eigenvalue weighted by Crippen LogP contribution is 2.39. The van der Waals surface area contributed by atoms with Crippen LogP contribution in [0.4, 0.5) is 5.69 Å². The van der Waals surface area contributed by atoms with Crippen molar-refractivity contribution in [2.75, 3.05) is 7.11 Å². The first-order chi connectivity index (χ1) is 19.7. The number of benzene rings is 2. The van der Waals surface area contributed by atoms with Crippen molar-refractivity contribution >= 4 is 17.8 Å². The number of hydrogen-bond acceptors (Lipinski definition) is 8. The molecule has 2 aromatic heterocycles. The molecule has 0 saturated carbocycles. The van der Waals surface area contributed by atoms with Crippen LogP contribution in [0, 0.1) is 24.0 Å². The van der Waals surface area contributed by atoms with Gasteiger partial charge < -0.3 is 23.2 Å². The molecule has 0 fully saturated rings. The zero-order chi connectivity index (χ0) is 29.5. The second-order valence-corrected chi connectivity index (χ2v) is 9.36. The minimum Gasteiger partial charge on any atom is -0.493 e. The first kappa shape index (κ1) is 28.9. The average molecular weight is 561 g/mol. The number of aryl methyl sites for hydroxylation is 2. The number of methoxy groups -OCH3 is 1. The fraction of sp³-hybridized carbons (Fsp3) is 0.267. The van der Waals surface area contributed by atoms with Gasteiger partial charge >= 0.3 is 11.6 Å². The van der Waals surface area contributed by atoms with E-state index in [0.29, 0.717) is 23.5 Å². The quantitative estimate of drug-likeness (QED) is 0.125. The molecule has 4 aromatic rings. The van der Waals surface area contributed by atoms with Gasteiger partial charge in [-0.1, -0.05) is 6.92 Å². The third-order valence-electron chi connectivity index (χ3n) is 6.38. The topological polar surface area (TPSA) is 130 Å². The van der Waals surface area contributed by atoms with E-state index in [4.69, 9.17) is 18.6 Å². The molecule has 0 radical (unpaired) electrons. The van der Waals surface area contributed by atoms with Crippen molar-refractivity contribution in [3.8, 4) is 22.9 Å². The predicted molar refractivity (Wildman–Crippen MR) is 153 cm³/mol. The Bertz CT molecular complexity index is 1530. The Labute approximate surface area is 237 Å². The molecule has 0 saturated heterocycles. The molecule has 4 rings (SSSR count). The summed E-state index contributed by atoms with van der Waals surface area (Å²) in [6.07, 6.45) is 1.69. The molecule has 0 aliphatic carbocycles. The van der Waals surface area contributed by atoms with E-state index in [-0.39, 0.29) is 35.7 Å². The molecule has 1 N–H and O–H groups in total. The minimum absolute atomic E-state index is 0.0375. The van der Waals surface area contributed by atoms with Gasteiger partial charge in [-0.25, -0.2) is 5.43 Å². The minimum atomic E-state index is -0.590. The Morgan fingerprint density at radius 1 is 1.12 bits per heavy atom. The number of ether oxygens (including phenoxy) is 3. The van der Waals surface area contributed by atoms with Gasteiger partial charge in [-0.05, 0) is 81.8 Å². The lowest BCUT2D eigenvalue weighted by atomic mass is 10.1. The predicted octanol–water partition coefficient (Wildman–Crippen LogP) is 6.12. The SMILES string of the molecule is CC[C@H](C)Oc1c(OC)cc(/C=N/NC(=O)c2ccc(COc3ccc(-n4c(C)ccc4C)cc3)o2)cc1[N+](=O)[O-]. The van der Waals surface area contributed by atoms with Gasteiger partial charge in [0.05, 0.1) is 24.4 Å². The molecule has 11 nitrogen and oxygen atoms in total. The number of rotatable bonds is 12. The highest BCUT2D eigenvalue weighted by atomic mass is 16.6. The van der Waals surface area contributed by atoms with Crippen LogP contribution >= 0.6 is 0 Å². The molecule has 0 bridgehead atoms. The average Bonchev–Trinajstić information content (AvgIpc) is 3.58. The zero-order valence-electron chi connectivity index (χ0n) is 23.5. The van der Waals surface area contributed by atoms with Gasteiger partial charge in [-0.3, -0.25) is 14.9 Å². The van der Waals surface area contributed by atoms with Crippen LogP contribution in [-0.2, 0) is 6.61 Å². The Kier molecular flexibility index (Phi) is 9.08. The highest BCUT2D eigenvalue weighted by Gasteiger charge is 2.23. The second kappa shape index (κ2) is 12.9. The molecule has 0 aliphatic heterocycles. The van der Waals surface area contributed by atoms with E-state index in [1.165, 1.54) is 31.5 Å². The van der Waals surface area contributed by atoms with Crippen LogP contribution in [0.2, 0.25) is 0 Å². The van der Waals surface area contributed by atoms with E-state index in [1.807, 2.05) is 38.1 Å². The van der Waals surface area contributed by atoms with Gasteiger partial charge in [0.25, 0.3) is 0 Å². The number of hydrazone groups is 1. The van der Waals surface area contributed by atoms with Gasteiger partial charge in [0.1, 0.15) is 18.1 Å². The third-order valence-corrected chi connectivity index (χ3v) is 6.38. The van der Waals surface area contributed by atoms with Gasteiger partial charge in [-0.15, -0.1) is 0 Å². The first-order valence-electron chi connectivity index (χ1n) is 13.0. The van der Waals surface area contributed by atoms with Gasteiger partial charge in [0.15, 0.2) is 11.5 Å². The number of nitrogens with one attached hydrogen (secondary N) is 1. The monoisotopic (exact) mass is 560 g/mol. The molecular formula is C30H32N4O7. The maximum absolute atomic E-state index is 12.5. The summed E-state index contributed by atoms with van der Waals surface area (Å²) in [5, 5.41) is 15.6. The van der Waals surface area contributed by atoms with Crippen molar-refractivity contribution in [3.63, 3.8) is 0 Å². The molecule has 2 heterocycles. The van der Waals surface area contributed by atoms with Crippen molar-refractivity contribution in [1.82, 2.24) is 9.99 Å². The van der Waals surface area contributed by atoms with Crippen molar-refractivity contribution in [1.29, 1.82) is 0 Å². The summed E-state index contributed by atoms with van der Waals surface area (Å²) in [6.45, 7) is 7.96. The van der Waals surface area contributed by atoms with E-state index in [2.05, 4.69) is 41.1 Å². The Balaban J connectivity index is 1.36. The van der Waals surface area contributed by atoms with Crippen molar-refractivity contribution < 1.29 is 28.3 Å². The van der Waals surface area contributed by atoms with Crippen molar-refractivity contribution in [2.24, 2.45) is 5.10 Å². The number of nitro benzene ring substituents is 1. The fourth-order valence-electron chi connectivity index (χ4n) is 4.09. The standard InChI is InChI=1S/C30H32N4O7/c1-6-21(4)40-29-26(34(36)37)15-22(16-28(29)38-5)17-31-32-30(35)27-14-13-25(41-27)18-39-24-11-9-23(10-12-24)33-19(2)7-8-20(33)3/h7-17,21H,6,18H2,1-5H3,(H,32,35)/b31-17+/t21-/m0/s1. The van der Waals surface area contributed by atoms with E-state index in [9.17, 15) is 14.9 Å². The Morgan fingerprint density at radius 2 is 1.83 bits per heavy atom. The largest absolute Gasteiger partial charge is 0.493 e. The maximum Gasteiger partial charge on any atom is 0.315 e. The van der Waals surface area contributed by atoms with Gasteiger partial charge in [0.2, 0.25) is 5.75 Å². The second-order valence-electron chi connectivity index (χ2n) is 9.36. The Morgan fingerprint density at radius 3 is 2.46 bits per heavy atom. The number of amides is 1. The smallest absolute Gasteiger partial charge is 0.315 e. The molecule has 1 atom stereocenters. The summed E-state index contributed by atoms with van der Waals surface area (Å²) in [5.74, 6) is 0.793. The molecule has 214 valence electrons. The number of carbonyl (C=O) groups is 1. The molecule has 0 spiro atoms. The summed E-state index contributed by atoms with van der Waals surface area (Å²) in [4.78, 5) is 23.6. The summed E-state index contributed by atoms with van der Waals surface area (Å²) in [7, 11) is 1.39. The number of hydrogen-bond donors (Lipinski definition) is 1. The summed E-state index contributed by atoms with van der Waals surface area (Å²) in [5.41, 5.74) is 5.76. The highest BCUT2D eigenvalue weighted by molar-refractivity contribution is 5.92. The number of aromatic nitrogens is 1. The van der Waals surface area contributed by atoms with Crippen LogP contribution in [0.5, 0.6) is 17.2 Å². The number of furan rings is 1. The van der Waals surface area contributed by atoms with Crippen LogP contribution in [0.1, 0.15) is 53.5 Å². The summed E-state index contributed by atoms with van der Waals surface area (Å²) >= 11 is 0. The molecule has 1 amide bonds. The first-order valence-corrected chi connectivity index (χ1v) is 13.0. The molecular weight excluding hydrogens is 528 g/mol. The van der Waals surface area contributed by atoms with E-state index in [1.54, 1.807) is 6.07 Å². The lowest BCUT2D eigenvalue weighted by molar-refractivity contribution is -0.386. The summed E-state index contributed by atoms with van der Waals surface area (Å²) < 4.78 is 24.6. The van der Waals surface area contributed by atoms with Crippen LogP contribution in [-0.4, -0.2) is 34.8 Å². The fourth-order valence-corrected chi connectivity index (χ4v) is 4.09. The van der Waals surface area contributed by atoms with Crippen molar-refractivity contribution in [2.45, 2.75) is 46.8 Å². The van der Waals surface area contributed by atoms with Crippen LogP contribution in [0.15, 0.2) is 70.2 Å². The van der Waals surface area contributed by atoms with Crippen LogP contribution < -0.4 is 19.6 Å². The normalized spacial score (nSPS) is 11.8. The zero-order valence-corrected chi connectivity index (χ0v) is 23.5. The maximum atomic E-state index is 12.5. The third kappa shape index (κ3) is 6.93. The number of nitro groups is 1. The van der Waals surface area contributed by atoms with Crippen LogP contribution in [0.3, 0.4) is 0 Å². The van der Waals surface area contributed by atoms with Gasteiger partial charge in [0, 0.05) is 28.7 Å². The van der Waals surface area contributed by atoms with Gasteiger partial charge in [-0.2, -0.15) is 5.10 Å². The number of carbonyl (C=O) groups excluding carboxylic acids is 1.